The zero-order valence-electron chi connectivity index (χ0n) is 10.3. The van der Waals surface area contributed by atoms with Crippen LogP contribution in [0.25, 0.3) is 0 Å². The van der Waals surface area contributed by atoms with Crippen LogP contribution in [0.5, 0.6) is 0 Å². The molecule has 0 saturated carbocycles. The van der Waals surface area contributed by atoms with Crippen LogP contribution in [-0.4, -0.2) is 30.0 Å². The first-order valence-corrected chi connectivity index (χ1v) is 5.71. The molecule has 2 N–H and O–H groups in total. The third kappa shape index (κ3) is 3.80. The molecule has 0 aliphatic carbocycles. The third-order valence-corrected chi connectivity index (χ3v) is 2.96. The smallest absolute Gasteiger partial charge is 0.269 e. The van der Waals surface area contributed by atoms with Gasteiger partial charge in [0.25, 0.3) is 5.69 Å². The van der Waals surface area contributed by atoms with Crippen molar-refractivity contribution < 1.29 is 4.92 Å². The molecule has 1 aromatic rings. The van der Waals surface area contributed by atoms with E-state index < -0.39 is 0 Å². The first-order chi connectivity index (χ1) is 8.06. The van der Waals surface area contributed by atoms with Crippen LogP contribution in [0.2, 0.25) is 0 Å². The lowest BCUT2D eigenvalue weighted by Crippen LogP contribution is -2.25. The molecular weight excluding hydrogens is 218 g/mol. The van der Waals surface area contributed by atoms with E-state index in [0.717, 1.165) is 18.5 Å². The third-order valence-electron chi connectivity index (χ3n) is 2.96. The topological polar surface area (TPSA) is 72.4 Å². The van der Waals surface area contributed by atoms with E-state index in [1.807, 2.05) is 19.2 Å². The molecule has 0 bridgehead atoms. The molecular formula is C12H19N3O2. The first-order valence-electron chi connectivity index (χ1n) is 5.71. The highest BCUT2D eigenvalue weighted by Crippen LogP contribution is 2.21. The Morgan fingerprint density at radius 1 is 1.41 bits per heavy atom. The van der Waals surface area contributed by atoms with Crippen LogP contribution in [-0.2, 0) is 0 Å². The Hall–Kier alpha value is -1.46. The van der Waals surface area contributed by atoms with Gasteiger partial charge in [0.05, 0.1) is 4.92 Å². The van der Waals surface area contributed by atoms with Gasteiger partial charge in [-0.05, 0) is 39.0 Å². The number of rotatable bonds is 6. The second-order valence-electron chi connectivity index (χ2n) is 4.15. The van der Waals surface area contributed by atoms with Gasteiger partial charge in [0.2, 0.25) is 0 Å². The molecule has 0 spiro atoms. The van der Waals surface area contributed by atoms with Gasteiger partial charge in [-0.25, -0.2) is 0 Å². The minimum absolute atomic E-state index is 0.130. The van der Waals surface area contributed by atoms with Gasteiger partial charge in [0, 0.05) is 18.2 Å². The van der Waals surface area contributed by atoms with Crippen molar-refractivity contribution in [2.45, 2.75) is 19.4 Å². The molecule has 0 aliphatic heterocycles. The Bertz CT molecular complexity index is 365. The summed E-state index contributed by atoms with van der Waals surface area (Å²) in [5.41, 5.74) is 6.68. The van der Waals surface area contributed by atoms with Crippen LogP contribution in [0.15, 0.2) is 24.3 Å². The minimum Gasteiger partial charge on any atom is -0.330 e. The van der Waals surface area contributed by atoms with E-state index in [-0.39, 0.29) is 16.7 Å². The summed E-state index contributed by atoms with van der Waals surface area (Å²) < 4.78 is 0. The minimum atomic E-state index is -0.382. The molecule has 0 radical (unpaired) electrons. The van der Waals surface area contributed by atoms with Crippen molar-refractivity contribution in [3.05, 3.63) is 39.9 Å². The molecule has 94 valence electrons. The van der Waals surface area contributed by atoms with Gasteiger partial charge in [-0.15, -0.1) is 0 Å². The summed E-state index contributed by atoms with van der Waals surface area (Å²) in [7, 11) is 2.03. The van der Waals surface area contributed by atoms with Crippen LogP contribution >= 0.6 is 0 Å². The molecule has 0 aromatic heterocycles. The van der Waals surface area contributed by atoms with Crippen LogP contribution in [0.1, 0.15) is 24.9 Å². The molecule has 1 atom stereocenters. The maximum absolute atomic E-state index is 10.5. The van der Waals surface area contributed by atoms with E-state index in [1.54, 1.807) is 12.1 Å². The molecule has 1 aromatic carbocycles. The Balaban J connectivity index is 2.68. The number of hydrogen-bond donors (Lipinski definition) is 1. The summed E-state index contributed by atoms with van der Waals surface area (Å²) in [5, 5.41) is 10.5. The van der Waals surface area contributed by atoms with E-state index >= 15 is 0 Å². The number of nitrogens with two attached hydrogens (primary N) is 1. The van der Waals surface area contributed by atoms with Gasteiger partial charge in [0.15, 0.2) is 0 Å². The fraction of sp³-hybridized carbons (Fsp3) is 0.500. The van der Waals surface area contributed by atoms with Crippen molar-refractivity contribution in [3.63, 3.8) is 0 Å². The molecule has 17 heavy (non-hydrogen) atoms. The lowest BCUT2D eigenvalue weighted by molar-refractivity contribution is -0.384. The molecule has 0 fully saturated rings. The largest absolute Gasteiger partial charge is 0.330 e. The van der Waals surface area contributed by atoms with Gasteiger partial charge in [-0.1, -0.05) is 12.1 Å². The number of non-ortho nitro benzene ring substituents is 1. The van der Waals surface area contributed by atoms with E-state index in [2.05, 4.69) is 11.8 Å². The fourth-order valence-corrected chi connectivity index (χ4v) is 1.66. The average molecular weight is 237 g/mol. The second kappa shape index (κ2) is 6.32. The SMILES string of the molecule is CC(c1ccc([N+](=O)[O-])cc1)N(C)CCCN. The van der Waals surface area contributed by atoms with Crippen LogP contribution in [0.4, 0.5) is 5.69 Å². The molecule has 1 rings (SSSR count). The highest BCUT2D eigenvalue weighted by Gasteiger charge is 2.12. The Morgan fingerprint density at radius 2 is 2.00 bits per heavy atom. The van der Waals surface area contributed by atoms with Crippen molar-refractivity contribution in [1.82, 2.24) is 4.90 Å². The highest BCUT2D eigenvalue weighted by molar-refractivity contribution is 5.34. The van der Waals surface area contributed by atoms with Crippen LogP contribution < -0.4 is 5.73 Å². The van der Waals surface area contributed by atoms with Gasteiger partial charge >= 0.3 is 0 Å². The predicted molar refractivity (Wildman–Crippen MR) is 67.8 cm³/mol. The highest BCUT2D eigenvalue weighted by atomic mass is 16.6. The first kappa shape index (κ1) is 13.6. The Kier molecular flexibility index (Phi) is 5.06. The summed E-state index contributed by atoms with van der Waals surface area (Å²) in [6.45, 7) is 3.68. The second-order valence-corrected chi connectivity index (χ2v) is 4.15. The zero-order valence-corrected chi connectivity index (χ0v) is 10.3. The molecule has 0 aliphatic rings. The van der Waals surface area contributed by atoms with E-state index in [9.17, 15) is 10.1 Å². The fourth-order valence-electron chi connectivity index (χ4n) is 1.66. The maximum atomic E-state index is 10.5. The number of nitro groups is 1. The molecule has 0 saturated heterocycles. The lowest BCUT2D eigenvalue weighted by Gasteiger charge is -2.24. The van der Waals surface area contributed by atoms with E-state index in [4.69, 9.17) is 5.73 Å². The van der Waals surface area contributed by atoms with E-state index in [1.165, 1.54) is 0 Å². The summed E-state index contributed by atoms with van der Waals surface area (Å²) in [4.78, 5) is 12.3. The van der Waals surface area contributed by atoms with Crippen molar-refractivity contribution in [2.24, 2.45) is 5.73 Å². The van der Waals surface area contributed by atoms with Crippen LogP contribution in [0.3, 0.4) is 0 Å². The van der Waals surface area contributed by atoms with Gasteiger partial charge in [0.1, 0.15) is 0 Å². The Morgan fingerprint density at radius 3 is 2.47 bits per heavy atom. The van der Waals surface area contributed by atoms with Crippen LogP contribution in [0, 0.1) is 10.1 Å². The number of benzene rings is 1. The van der Waals surface area contributed by atoms with Crippen molar-refractivity contribution in [3.8, 4) is 0 Å². The number of nitrogens with zero attached hydrogens (tertiary/aromatic N) is 2. The zero-order chi connectivity index (χ0) is 12.8. The summed E-state index contributed by atoms with van der Waals surface area (Å²) in [6, 6.07) is 6.94. The van der Waals surface area contributed by atoms with Gasteiger partial charge in [-0.2, -0.15) is 0 Å². The lowest BCUT2D eigenvalue weighted by atomic mass is 10.1. The number of nitro benzene ring substituents is 1. The summed E-state index contributed by atoms with van der Waals surface area (Å²) in [6.07, 6.45) is 0.952. The van der Waals surface area contributed by atoms with Crippen molar-refractivity contribution in [1.29, 1.82) is 0 Å². The summed E-state index contributed by atoms with van der Waals surface area (Å²) in [5.74, 6) is 0. The van der Waals surface area contributed by atoms with Gasteiger partial charge < -0.3 is 5.73 Å². The monoisotopic (exact) mass is 237 g/mol. The van der Waals surface area contributed by atoms with Crippen molar-refractivity contribution >= 4 is 5.69 Å². The molecule has 5 heteroatoms. The quantitative estimate of drug-likeness (QED) is 0.606. The van der Waals surface area contributed by atoms with Crippen molar-refractivity contribution in [2.75, 3.05) is 20.1 Å². The Labute approximate surface area is 101 Å². The standard InChI is InChI=1S/C12H19N3O2/c1-10(14(2)9-3-8-13)11-4-6-12(7-5-11)15(16)17/h4-7,10H,3,8-9,13H2,1-2H3. The average Bonchev–Trinajstić information content (AvgIpc) is 2.35. The molecule has 1 unspecified atom stereocenters. The molecule has 0 amide bonds. The van der Waals surface area contributed by atoms with Gasteiger partial charge in [-0.3, -0.25) is 15.0 Å². The normalized spacial score (nSPS) is 12.7. The number of hydrogen-bond acceptors (Lipinski definition) is 4. The molecule has 5 nitrogen and oxygen atoms in total. The summed E-state index contributed by atoms with van der Waals surface area (Å²) >= 11 is 0. The van der Waals surface area contributed by atoms with E-state index in [0.29, 0.717) is 6.54 Å². The molecule has 0 heterocycles. The maximum Gasteiger partial charge on any atom is 0.269 e. The predicted octanol–water partition coefficient (Wildman–Crippen LogP) is 1.94.